The molecule has 0 saturated carbocycles. The van der Waals surface area contributed by atoms with E-state index < -0.39 is 22.0 Å². The van der Waals surface area contributed by atoms with Crippen molar-refractivity contribution in [1.29, 1.82) is 0 Å². The van der Waals surface area contributed by atoms with E-state index in [4.69, 9.17) is 0 Å². The number of amides is 1. The molecule has 0 saturated heterocycles. The number of rotatable bonds is 7. The molecule has 0 radical (unpaired) electrons. The average Bonchev–Trinajstić information content (AvgIpc) is 2.71. The molecule has 30 heavy (non-hydrogen) atoms. The van der Waals surface area contributed by atoms with Crippen molar-refractivity contribution in [3.05, 3.63) is 84.4 Å². The molecule has 0 heterocycles. The van der Waals surface area contributed by atoms with Gasteiger partial charge in [0.15, 0.2) is 0 Å². The first-order valence-corrected chi connectivity index (χ1v) is 12.1. The van der Waals surface area contributed by atoms with Crippen LogP contribution in [0.4, 0.5) is 11.4 Å². The van der Waals surface area contributed by atoms with Crippen molar-refractivity contribution in [1.82, 2.24) is 0 Å². The van der Waals surface area contributed by atoms with Gasteiger partial charge in [-0.25, -0.2) is 8.42 Å². The fourth-order valence-electron chi connectivity index (χ4n) is 3.01. The van der Waals surface area contributed by atoms with Gasteiger partial charge in [-0.3, -0.25) is 9.10 Å². The van der Waals surface area contributed by atoms with Gasteiger partial charge in [0.2, 0.25) is 15.9 Å². The summed E-state index contributed by atoms with van der Waals surface area (Å²) in [4.78, 5) is 14.9. The molecule has 0 aliphatic carbocycles. The lowest BCUT2D eigenvalue weighted by molar-refractivity contribution is -0.116. The second kappa shape index (κ2) is 9.36. The minimum atomic E-state index is -3.66. The highest BCUT2D eigenvalue weighted by Gasteiger charge is 2.29. The Balaban J connectivity index is 1.85. The van der Waals surface area contributed by atoms with Crippen molar-refractivity contribution in [3.8, 4) is 0 Å². The Morgan fingerprint density at radius 3 is 2.17 bits per heavy atom. The number of carbonyl (C=O) groups is 1. The Kier molecular flexibility index (Phi) is 6.84. The van der Waals surface area contributed by atoms with Gasteiger partial charge in [0, 0.05) is 9.79 Å². The van der Waals surface area contributed by atoms with Crippen molar-refractivity contribution >= 4 is 39.1 Å². The van der Waals surface area contributed by atoms with Gasteiger partial charge in [0.1, 0.15) is 6.04 Å². The molecule has 0 bridgehead atoms. The lowest BCUT2D eigenvalue weighted by atomic mass is 10.2. The highest BCUT2D eigenvalue weighted by molar-refractivity contribution is 7.99. The molecule has 5 nitrogen and oxygen atoms in total. The van der Waals surface area contributed by atoms with Gasteiger partial charge in [-0.2, -0.15) is 0 Å². The predicted molar refractivity (Wildman–Crippen MR) is 124 cm³/mol. The topological polar surface area (TPSA) is 66.5 Å². The molecule has 7 heteroatoms. The van der Waals surface area contributed by atoms with Crippen molar-refractivity contribution < 1.29 is 13.2 Å². The third-order valence-corrected chi connectivity index (χ3v) is 6.82. The van der Waals surface area contributed by atoms with Crippen LogP contribution in [-0.4, -0.2) is 26.6 Å². The summed E-state index contributed by atoms with van der Waals surface area (Å²) < 4.78 is 26.1. The number of nitrogens with zero attached hydrogens (tertiary/aromatic N) is 1. The monoisotopic (exact) mass is 440 g/mol. The van der Waals surface area contributed by atoms with Crippen LogP contribution >= 0.6 is 11.8 Å². The van der Waals surface area contributed by atoms with E-state index in [-0.39, 0.29) is 0 Å². The van der Waals surface area contributed by atoms with Gasteiger partial charge in [0.25, 0.3) is 0 Å². The van der Waals surface area contributed by atoms with Crippen molar-refractivity contribution in [2.45, 2.75) is 29.7 Å². The van der Waals surface area contributed by atoms with Crippen LogP contribution < -0.4 is 9.62 Å². The van der Waals surface area contributed by atoms with Crippen LogP contribution in [0.2, 0.25) is 0 Å². The molecule has 1 N–H and O–H groups in total. The molecule has 0 unspecified atom stereocenters. The fraction of sp³-hybridized carbons (Fsp3) is 0.174. The summed E-state index contributed by atoms with van der Waals surface area (Å²) in [6.45, 7) is 3.51. The molecule has 0 aliphatic rings. The third kappa shape index (κ3) is 5.43. The number of nitrogens with one attached hydrogen (secondary N) is 1. The Hall–Kier alpha value is -2.77. The smallest absolute Gasteiger partial charge is 0.248 e. The number of sulfonamides is 1. The summed E-state index contributed by atoms with van der Waals surface area (Å²) in [6, 6.07) is 23.5. The van der Waals surface area contributed by atoms with E-state index in [9.17, 15) is 13.2 Å². The van der Waals surface area contributed by atoms with Gasteiger partial charge < -0.3 is 5.32 Å². The summed E-state index contributed by atoms with van der Waals surface area (Å²) in [5.41, 5.74) is 2.11. The summed E-state index contributed by atoms with van der Waals surface area (Å²) in [6.07, 6.45) is 1.11. The second-order valence-corrected chi connectivity index (χ2v) is 9.95. The number of benzene rings is 3. The Labute approximate surface area is 182 Å². The Morgan fingerprint density at radius 2 is 1.53 bits per heavy atom. The Bertz CT molecular complexity index is 1110. The summed E-state index contributed by atoms with van der Waals surface area (Å²) in [5.74, 6) is -0.401. The second-order valence-electron chi connectivity index (χ2n) is 6.97. The number of carbonyl (C=O) groups excluding carboxylic acids is 1. The first kappa shape index (κ1) is 21.9. The zero-order valence-corrected chi connectivity index (χ0v) is 18.7. The van der Waals surface area contributed by atoms with E-state index in [1.807, 2.05) is 73.7 Å². The number of anilines is 2. The van der Waals surface area contributed by atoms with E-state index in [1.165, 1.54) is 11.8 Å². The van der Waals surface area contributed by atoms with Crippen molar-refractivity contribution in [2.24, 2.45) is 0 Å². The van der Waals surface area contributed by atoms with Gasteiger partial charge >= 0.3 is 0 Å². The number of para-hydroxylation sites is 1. The quantitative estimate of drug-likeness (QED) is 0.565. The molecule has 3 aromatic rings. The van der Waals surface area contributed by atoms with Gasteiger partial charge in [0.05, 0.1) is 17.6 Å². The van der Waals surface area contributed by atoms with E-state index in [0.717, 1.165) is 25.9 Å². The number of hydrogen-bond donors (Lipinski definition) is 1. The molecular weight excluding hydrogens is 416 g/mol. The van der Waals surface area contributed by atoms with Crippen LogP contribution in [0.15, 0.2) is 88.7 Å². The van der Waals surface area contributed by atoms with Gasteiger partial charge in [-0.15, -0.1) is 0 Å². The normalized spacial score (nSPS) is 12.2. The van der Waals surface area contributed by atoms with Crippen LogP contribution in [-0.2, 0) is 14.8 Å². The van der Waals surface area contributed by atoms with Crippen LogP contribution in [0, 0.1) is 6.92 Å². The lowest BCUT2D eigenvalue weighted by Gasteiger charge is -2.28. The Morgan fingerprint density at radius 1 is 0.933 bits per heavy atom. The zero-order valence-electron chi connectivity index (χ0n) is 17.1. The van der Waals surface area contributed by atoms with E-state index in [1.54, 1.807) is 19.1 Å². The van der Waals surface area contributed by atoms with Crippen LogP contribution in [0.1, 0.15) is 12.5 Å². The summed E-state index contributed by atoms with van der Waals surface area (Å²) in [5, 5.41) is 2.90. The van der Waals surface area contributed by atoms with E-state index in [2.05, 4.69) is 5.32 Å². The van der Waals surface area contributed by atoms with Gasteiger partial charge in [-0.1, -0.05) is 59.8 Å². The summed E-state index contributed by atoms with van der Waals surface area (Å²) >= 11 is 1.53. The first-order valence-electron chi connectivity index (χ1n) is 9.44. The zero-order chi connectivity index (χ0) is 21.7. The van der Waals surface area contributed by atoms with Crippen LogP contribution in [0.5, 0.6) is 0 Å². The summed E-state index contributed by atoms with van der Waals surface area (Å²) in [7, 11) is -3.66. The predicted octanol–water partition coefficient (Wildman–Crippen LogP) is 4.94. The maximum absolute atomic E-state index is 13.0. The van der Waals surface area contributed by atoms with Gasteiger partial charge in [-0.05, 0) is 50.2 Å². The fourth-order valence-corrected chi connectivity index (χ4v) is 5.11. The highest BCUT2D eigenvalue weighted by Crippen LogP contribution is 2.33. The molecule has 1 atom stereocenters. The molecule has 0 spiro atoms. The van der Waals surface area contributed by atoms with E-state index >= 15 is 0 Å². The third-order valence-electron chi connectivity index (χ3n) is 4.49. The molecule has 0 fully saturated rings. The van der Waals surface area contributed by atoms with E-state index in [0.29, 0.717) is 11.4 Å². The maximum Gasteiger partial charge on any atom is 0.248 e. The largest absolute Gasteiger partial charge is 0.323 e. The first-order chi connectivity index (χ1) is 14.3. The van der Waals surface area contributed by atoms with Crippen LogP contribution in [0.3, 0.4) is 0 Å². The minimum Gasteiger partial charge on any atom is -0.323 e. The minimum absolute atomic E-state index is 0.401. The maximum atomic E-state index is 13.0. The molecule has 0 aliphatic heterocycles. The lowest BCUT2D eigenvalue weighted by Crippen LogP contribution is -2.45. The average molecular weight is 441 g/mol. The SMILES string of the molecule is Cc1ccc(N([C@@H](C)C(=O)Nc2ccccc2Sc2ccccc2)S(C)(=O)=O)cc1. The molecule has 0 aromatic heterocycles. The number of aryl methyl sites for hydroxylation is 1. The number of hydrogen-bond acceptors (Lipinski definition) is 4. The highest BCUT2D eigenvalue weighted by atomic mass is 32.2. The molecule has 1 amide bonds. The standard InChI is InChI=1S/C23H24N2O3S2/c1-17-13-15-19(16-14-17)25(30(3,27)28)18(2)23(26)24-21-11-7-8-12-22(21)29-20-9-5-4-6-10-20/h4-16,18H,1-3H3,(H,24,26)/t18-/m0/s1. The molecule has 3 aromatic carbocycles. The van der Waals surface area contributed by atoms with Crippen LogP contribution in [0.25, 0.3) is 0 Å². The molecular formula is C23H24N2O3S2. The van der Waals surface area contributed by atoms with Crippen molar-refractivity contribution in [3.63, 3.8) is 0 Å². The van der Waals surface area contributed by atoms with Crippen molar-refractivity contribution in [2.75, 3.05) is 15.9 Å². The molecule has 3 rings (SSSR count). The molecule has 156 valence electrons.